The first-order valence-electron chi connectivity index (χ1n) is 6.58. The fourth-order valence-corrected chi connectivity index (χ4v) is 1.95. The molecule has 0 unspecified atom stereocenters. The molecule has 2 rings (SSSR count). The summed E-state index contributed by atoms with van der Waals surface area (Å²) in [6, 6.07) is 10.8. The van der Waals surface area contributed by atoms with Crippen molar-refractivity contribution in [3.63, 3.8) is 0 Å². The van der Waals surface area contributed by atoms with Gasteiger partial charge in [0, 0.05) is 11.1 Å². The molecular formula is C16H22N2. The molecule has 96 valence electrons. The van der Waals surface area contributed by atoms with Crippen LogP contribution in [0.1, 0.15) is 44.6 Å². The number of aromatic nitrogens is 2. The van der Waals surface area contributed by atoms with Gasteiger partial charge < -0.3 is 0 Å². The summed E-state index contributed by atoms with van der Waals surface area (Å²) < 4.78 is 2.07. The van der Waals surface area contributed by atoms with Crippen LogP contribution in [0.15, 0.2) is 30.3 Å². The maximum atomic E-state index is 4.77. The van der Waals surface area contributed by atoms with Gasteiger partial charge in [-0.3, -0.25) is 0 Å². The molecule has 0 aliphatic rings. The van der Waals surface area contributed by atoms with E-state index in [0.717, 1.165) is 17.8 Å². The van der Waals surface area contributed by atoms with Crippen molar-refractivity contribution in [3.05, 3.63) is 47.3 Å². The normalized spacial score (nSPS) is 11.8. The van der Waals surface area contributed by atoms with Gasteiger partial charge in [-0.2, -0.15) is 5.10 Å². The molecule has 2 heteroatoms. The van der Waals surface area contributed by atoms with Gasteiger partial charge in [-0.25, -0.2) is 4.68 Å². The first-order valence-corrected chi connectivity index (χ1v) is 6.58. The maximum Gasteiger partial charge on any atom is 0.0685 e. The van der Waals surface area contributed by atoms with Crippen molar-refractivity contribution >= 4 is 0 Å². The van der Waals surface area contributed by atoms with Gasteiger partial charge in [0.1, 0.15) is 0 Å². The molecule has 0 fully saturated rings. The van der Waals surface area contributed by atoms with Crippen molar-refractivity contribution in [3.8, 4) is 5.69 Å². The smallest absolute Gasteiger partial charge is 0.0685 e. The molecular weight excluding hydrogens is 220 g/mol. The van der Waals surface area contributed by atoms with Crippen LogP contribution in [0.25, 0.3) is 5.69 Å². The summed E-state index contributed by atoms with van der Waals surface area (Å²) in [4.78, 5) is 0. The van der Waals surface area contributed by atoms with E-state index in [4.69, 9.17) is 5.10 Å². The number of nitrogens with zero attached hydrogens (tertiary/aromatic N) is 2. The molecule has 0 N–H and O–H groups in total. The highest BCUT2D eigenvalue weighted by atomic mass is 15.3. The number of rotatable bonds is 2. The first kappa shape index (κ1) is 12.9. The lowest BCUT2D eigenvalue weighted by Crippen LogP contribution is -2.12. The third kappa shape index (κ3) is 2.47. The van der Waals surface area contributed by atoms with Gasteiger partial charge >= 0.3 is 0 Å². The molecule has 0 amide bonds. The topological polar surface area (TPSA) is 17.8 Å². The van der Waals surface area contributed by atoms with Crippen molar-refractivity contribution in [2.75, 3.05) is 0 Å². The van der Waals surface area contributed by atoms with Gasteiger partial charge in [0.2, 0.25) is 0 Å². The summed E-state index contributed by atoms with van der Waals surface area (Å²) in [6.45, 7) is 10.9. The molecule has 0 bridgehead atoms. The zero-order valence-corrected chi connectivity index (χ0v) is 12.0. The van der Waals surface area contributed by atoms with Crippen LogP contribution in [0.5, 0.6) is 0 Å². The van der Waals surface area contributed by atoms with E-state index >= 15 is 0 Å². The second-order valence-corrected chi connectivity index (χ2v) is 5.87. The minimum atomic E-state index is 0.0971. The summed E-state index contributed by atoms with van der Waals surface area (Å²) in [5, 5.41) is 4.77. The second kappa shape index (κ2) is 4.60. The van der Waals surface area contributed by atoms with Crippen LogP contribution in [0.3, 0.4) is 0 Å². The highest BCUT2D eigenvalue weighted by Crippen LogP contribution is 2.24. The fraction of sp³-hybridized carbons (Fsp3) is 0.438. The van der Waals surface area contributed by atoms with Crippen molar-refractivity contribution < 1.29 is 0 Å². The van der Waals surface area contributed by atoms with Gasteiger partial charge in [0.15, 0.2) is 0 Å². The number of benzene rings is 1. The van der Waals surface area contributed by atoms with Gasteiger partial charge in [0.05, 0.1) is 11.4 Å². The standard InChI is InChI=1S/C16H22N2/c1-6-13-11-15(16(3,4)5)17-18(13)14-9-7-12(2)8-10-14/h7-11H,6H2,1-5H3. The Kier molecular flexibility index (Phi) is 3.29. The van der Waals surface area contributed by atoms with Crippen LogP contribution in [0.2, 0.25) is 0 Å². The summed E-state index contributed by atoms with van der Waals surface area (Å²) >= 11 is 0. The average molecular weight is 242 g/mol. The molecule has 18 heavy (non-hydrogen) atoms. The Balaban J connectivity index is 2.50. The molecule has 0 saturated heterocycles. The van der Waals surface area contributed by atoms with E-state index in [1.807, 2.05) is 0 Å². The van der Waals surface area contributed by atoms with Crippen molar-refractivity contribution in [1.29, 1.82) is 0 Å². The average Bonchev–Trinajstić information content (AvgIpc) is 2.73. The maximum absolute atomic E-state index is 4.77. The molecule has 2 aromatic rings. The Morgan fingerprint density at radius 1 is 1.11 bits per heavy atom. The minimum absolute atomic E-state index is 0.0971. The van der Waals surface area contributed by atoms with Gasteiger partial charge in [-0.15, -0.1) is 0 Å². The van der Waals surface area contributed by atoms with Crippen LogP contribution in [0.4, 0.5) is 0 Å². The molecule has 0 aliphatic carbocycles. The van der Waals surface area contributed by atoms with Crippen LogP contribution in [0, 0.1) is 6.92 Å². The third-order valence-corrected chi connectivity index (χ3v) is 3.19. The minimum Gasteiger partial charge on any atom is -0.238 e. The summed E-state index contributed by atoms with van der Waals surface area (Å²) in [5.74, 6) is 0. The molecule has 0 radical (unpaired) electrons. The molecule has 1 heterocycles. The van der Waals surface area contributed by atoms with Crippen LogP contribution >= 0.6 is 0 Å². The predicted molar refractivity (Wildman–Crippen MR) is 76.4 cm³/mol. The third-order valence-electron chi connectivity index (χ3n) is 3.19. The van der Waals surface area contributed by atoms with E-state index in [9.17, 15) is 0 Å². The zero-order chi connectivity index (χ0) is 13.3. The van der Waals surface area contributed by atoms with Crippen LogP contribution in [-0.2, 0) is 11.8 Å². The van der Waals surface area contributed by atoms with E-state index in [0.29, 0.717) is 0 Å². The summed E-state index contributed by atoms with van der Waals surface area (Å²) in [7, 11) is 0. The summed E-state index contributed by atoms with van der Waals surface area (Å²) in [5.41, 5.74) is 4.94. The van der Waals surface area contributed by atoms with E-state index in [1.165, 1.54) is 11.3 Å². The van der Waals surface area contributed by atoms with Crippen molar-refractivity contribution in [2.24, 2.45) is 0 Å². The molecule has 0 aliphatic heterocycles. The van der Waals surface area contributed by atoms with Gasteiger partial charge in [0.25, 0.3) is 0 Å². The SMILES string of the molecule is CCc1cc(C(C)(C)C)nn1-c1ccc(C)cc1. The van der Waals surface area contributed by atoms with Gasteiger partial charge in [-0.1, -0.05) is 45.4 Å². The lowest BCUT2D eigenvalue weighted by molar-refractivity contribution is 0.560. The zero-order valence-electron chi connectivity index (χ0n) is 12.0. The highest BCUT2D eigenvalue weighted by molar-refractivity contribution is 5.36. The molecule has 2 nitrogen and oxygen atoms in total. The van der Waals surface area contributed by atoms with Crippen LogP contribution in [-0.4, -0.2) is 9.78 Å². The molecule has 0 spiro atoms. The van der Waals surface area contributed by atoms with Crippen LogP contribution < -0.4 is 0 Å². The van der Waals surface area contributed by atoms with Gasteiger partial charge in [-0.05, 0) is 31.5 Å². The Morgan fingerprint density at radius 3 is 2.22 bits per heavy atom. The number of aryl methyl sites for hydroxylation is 2. The van der Waals surface area contributed by atoms with E-state index < -0.39 is 0 Å². The lowest BCUT2D eigenvalue weighted by atomic mass is 9.92. The Labute approximate surface area is 110 Å². The largest absolute Gasteiger partial charge is 0.238 e. The van der Waals surface area contributed by atoms with Crippen molar-refractivity contribution in [2.45, 2.75) is 46.5 Å². The molecule has 0 atom stereocenters. The fourth-order valence-electron chi connectivity index (χ4n) is 1.95. The van der Waals surface area contributed by atoms with E-state index in [-0.39, 0.29) is 5.41 Å². The molecule has 1 aromatic carbocycles. The lowest BCUT2D eigenvalue weighted by Gasteiger charge is -2.14. The number of hydrogen-bond donors (Lipinski definition) is 0. The Morgan fingerprint density at radius 2 is 1.72 bits per heavy atom. The molecule has 0 saturated carbocycles. The monoisotopic (exact) mass is 242 g/mol. The highest BCUT2D eigenvalue weighted by Gasteiger charge is 2.19. The summed E-state index contributed by atoms with van der Waals surface area (Å²) in [6.07, 6.45) is 0.997. The Bertz CT molecular complexity index is 527. The number of hydrogen-bond acceptors (Lipinski definition) is 1. The second-order valence-electron chi connectivity index (χ2n) is 5.87. The predicted octanol–water partition coefficient (Wildman–Crippen LogP) is 4.04. The van der Waals surface area contributed by atoms with Crippen molar-refractivity contribution in [1.82, 2.24) is 9.78 Å². The Hall–Kier alpha value is -1.57. The molecule has 1 aromatic heterocycles. The van der Waals surface area contributed by atoms with E-state index in [1.54, 1.807) is 0 Å². The quantitative estimate of drug-likeness (QED) is 0.777. The van der Waals surface area contributed by atoms with E-state index in [2.05, 4.69) is 69.6 Å². The first-order chi connectivity index (χ1) is 8.41.